The molecule has 0 atom stereocenters. The van der Waals surface area contributed by atoms with Crippen LogP contribution >= 0.6 is 0 Å². The van der Waals surface area contributed by atoms with E-state index in [9.17, 15) is 4.79 Å². The number of hydrogen-bond donors (Lipinski definition) is 1. The molecule has 0 aliphatic heterocycles. The molecule has 1 N–H and O–H groups in total. The van der Waals surface area contributed by atoms with Crippen molar-refractivity contribution in [3.63, 3.8) is 0 Å². The second-order valence-electron chi connectivity index (χ2n) is 4.90. The summed E-state index contributed by atoms with van der Waals surface area (Å²) in [7, 11) is 3.14. The molecule has 0 heterocycles. The van der Waals surface area contributed by atoms with Crippen LogP contribution in [0.2, 0.25) is 0 Å². The first-order valence-electron chi connectivity index (χ1n) is 7.37. The molecule has 0 radical (unpaired) electrons. The van der Waals surface area contributed by atoms with E-state index >= 15 is 0 Å². The summed E-state index contributed by atoms with van der Waals surface area (Å²) in [4.78, 5) is 11.8. The largest absolute Gasteiger partial charge is 0.493 e. The molecule has 0 saturated heterocycles. The van der Waals surface area contributed by atoms with E-state index in [1.54, 1.807) is 45.4 Å². The SMILES string of the molecule is COc1ccc(/C(C)=N\NC(=O)COc2ccccc2)cc1OC. The molecule has 0 aliphatic rings. The molecule has 0 fully saturated rings. The maximum Gasteiger partial charge on any atom is 0.277 e. The minimum absolute atomic E-state index is 0.104. The summed E-state index contributed by atoms with van der Waals surface area (Å²) in [6.45, 7) is 1.69. The van der Waals surface area contributed by atoms with Gasteiger partial charge in [0.2, 0.25) is 0 Å². The highest BCUT2D eigenvalue weighted by molar-refractivity contribution is 5.99. The van der Waals surface area contributed by atoms with Crippen molar-refractivity contribution in [3.05, 3.63) is 54.1 Å². The van der Waals surface area contributed by atoms with Crippen molar-refractivity contribution in [1.29, 1.82) is 0 Å². The van der Waals surface area contributed by atoms with Gasteiger partial charge in [0.05, 0.1) is 19.9 Å². The van der Waals surface area contributed by atoms with Gasteiger partial charge in [0, 0.05) is 5.56 Å². The Bertz CT molecular complexity index is 714. The van der Waals surface area contributed by atoms with Crippen LogP contribution in [-0.4, -0.2) is 32.4 Å². The number of hydrazone groups is 1. The van der Waals surface area contributed by atoms with E-state index in [1.165, 1.54) is 0 Å². The molecular weight excluding hydrogens is 308 g/mol. The van der Waals surface area contributed by atoms with Crippen LogP contribution in [0.5, 0.6) is 17.2 Å². The molecule has 126 valence electrons. The van der Waals surface area contributed by atoms with Gasteiger partial charge in [-0.15, -0.1) is 0 Å². The lowest BCUT2D eigenvalue weighted by Crippen LogP contribution is -2.25. The fourth-order valence-electron chi connectivity index (χ4n) is 1.97. The van der Waals surface area contributed by atoms with Gasteiger partial charge in [-0.25, -0.2) is 5.43 Å². The van der Waals surface area contributed by atoms with Gasteiger partial charge < -0.3 is 14.2 Å². The van der Waals surface area contributed by atoms with Crippen molar-refractivity contribution < 1.29 is 19.0 Å². The number of rotatable bonds is 7. The molecular formula is C18H20N2O4. The summed E-state index contributed by atoms with van der Waals surface area (Å²) in [6, 6.07) is 14.5. The molecule has 0 unspecified atom stereocenters. The highest BCUT2D eigenvalue weighted by Crippen LogP contribution is 2.27. The van der Waals surface area contributed by atoms with Gasteiger partial charge in [0.25, 0.3) is 5.91 Å². The number of nitrogens with one attached hydrogen (secondary N) is 1. The van der Waals surface area contributed by atoms with E-state index in [2.05, 4.69) is 10.5 Å². The predicted molar refractivity (Wildman–Crippen MR) is 91.8 cm³/mol. The van der Waals surface area contributed by atoms with Crippen LogP contribution in [0.1, 0.15) is 12.5 Å². The Morgan fingerprint density at radius 3 is 2.42 bits per heavy atom. The highest BCUT2D eigenvalue weighted by Gasteiger charge is 2.07. The molecule has 0 aromatic heterocycles. The first-order valence-corrected chi connectivity index (χ1v) is 7.37. The summed E-state index contributed by atoms with van der Waals surface area (Å²) < 4.78 is 15.8. The molecule has 0 saturated carbocycles. The zero-order chi connectivity index (χ0) is 17.4. The van der Waals surface area contributed by atoms with Gasteiger partial charge in [-0.2, -0.15) is 5.10 Å². The number of hydrogen-bond acceptors (Lipinski definition) is 5. The number of ether oxygens (including phenoxy) is 3. The second kappa shape index (κ2) is 8.57. The monoisotopic (exact) mass is 328 g/mol. The number of amides is 1. The lowest BCUT2D eigenvalue weighted by molar-refractivity contribution is -0.123. The minimum atomic E-state index is -0.335. The van der Waals surface area contributed by atoms with Gasteiger partial charge in [0.15, 0.2) is 18.1 Å². The zero-order valence-corrected chi connectivity index (χ0v) is 13.9. The first kappa shape index (κ1) is 17.3. The van der Waals surface area contributed by atoms with E-state index in [-0.39, 0.29) is 12.5 Å². The highest BCUT2D eigenvalue weighted by atomic mass is 16.5. The summed E-state index contributed by atoms with van der Waals surface area (Å²) in [5.41, 5.74) is 3.93. The van der Waals surface area contributed by atoms with Crippen molar-refractivity contribution in [2.75, 3.05) is 20.8 Å². The number of nitrogens with zero attached hydrogens (tertiary/aromatic N) is 1. The summed E-state index contributed by atoms with van der Waals surface area (Å²) in [5, 5.41) is 4.08. The molecule has 2 aromatic rings. The quantitative estimate of drug-likeness (QED) is 0.626. The standard InChI is InChI=1S/C18H20N2O4/c1-13(14-9-10-16(22-2)17(11-14)23-3)19-20-18(21)12-24-15-7-5-4-6-8-15/h4-11H,12H2,1-3H3,(H,20,21)/b19-13-. The first-order chi connectivity index (χ1) is 11.6. The molecule has 2 aromatic carbocycles. The Labute approximate surface area is 141 Å². The zero-order valence-electron chi connectivity index (χ0n) is 13.9. The van der Waals surface area contributed by atoms with Gasteiger partial charge in [-0.1, -0.05) is 18.2 Å². The molecule has 1 amide bonds. The third kappa shape index (κ3) is 4.74. The number of methoxy groups -OCH3 is 2. The molecule has 0 spiro atoms. The van der Waals surface area contributed by atoms with Crippen LogP contribution in [0, 0.1) is 0 Å². The fraction of sp³-hybridized carbons (Fsp3) is 0.222. The third-order valence-electron chi connectivity index (χ3n) is 3.26. The fourth-order valence-corrected chi connectivity index (χ4v) is 1.97. The maximum atomic E-state index is 11.8. The average Bonchev–Trinajstić information content (AvgIpc) is 2.64. The Balaban J connectivity index is 1.94. The third-order valence-corrected chi connectivity index (χ3v) is 3.26. The molecule has 0 bridgehead atoms. The van der Waals surface area contributed by atoms with Crippen molar-refractivity contribution in [1.82, 2.24) is 5.43 Å². The molecule has 6 heteroatoms. The molecule has 2 rings (SSSR count). The van der Waals surface area contributed by atoms with E-state index in [4.69, 9.17) is 14.2 Å². The van der Waals surface area contributed by atoms with Gasteiger partial charge in [-0.05, 0) is 37.3 Å². The van der Waals surface area contributed by atoms with Crippen molar-refractivity contribution in [2.45, 2.75) is 6.92 Å². The van der Waals surface area contributed by atoms with Crippen LogP contribution in [0.25, 0.3) is 0 Å². The number of carbonyl (C=O) groups is 1. The van der Waals surface area contributed by atoms with Crippen molar-refractivity contribution in [2.24, 2.45) is 5.10 Å². The van der Waals surface area contributed by atoms with E-state index < -0.39 is 0 Å². The maximum absolute atomic E-state index is 11.8. The topological polar surface area (TPSA) is 69.2 Å². The van der Waals surface area contributed by atoms with Gasteiger partial charge in [0.1, 0.15) is 5.75 Å². The lowest BCUT2D eigenvalue weighted by Gasteiger charge is -2.09. The van der Waals surface area contributed by atoms with E-state index in [0.29, 0.717) is 23.0 Å². The van der Waals surface area contributed by atoms with E-state index in [1.807, 2.05) is 24.3 Å². The van der Waals surface area contributed by atoms with E-state index in [0.717, 1.165) is 5.56 Å². The van der Waals surface area contributed by atoms with Crippen LogP contribution < -0.4 is 19.6 Å². The molecule has 24 heavy (non-hydrogen) atoms. The van der Waals surface area contributed by atoms with Gasteiger partial charge >= 0.3 is 0 Å². The summed E-state index contributed by atoms with van der Waals surface area (Å²) >= 11 is 0. The second-order valence-corrected chi connectivity index (χ2v) is 4.90. The summed E-state index contributed by atoms with van der Waals surface area (Å²) in [6.07, 6.45) is 0. The van der Waals surface area contributed by atoms with Crippen LogP contribution in [0.15, 0.2) is 53.6 Å². The predicted octanol–water partition coefficient (Wildman–Crippen LogP) is 2.62. The van der Waals surface area contributed by atoms with Crippen LogP contribution in [-0.2, 0) is 4.79 Å². The lowest BCUT2D eigenvalue weighted by atomic mass is 10.1. The Morgan fingerprint density at radius 1 is 1.04 bits per heavy atom. The normalized spacial score (nSPS) is 10.9. The molecule has 6 nitrogen and oxygen atoms in total. The number of benzene rings is 2. The Hall–Kier alpha value is -3.02. The average molecular weight is 328 g/mol. The number of carbonyl (C=O) groups excluding carboxylic acids is 1. The van der Waals surface area contributed by atoms with Crippen LogP contribution in [0.3, 0.4) is 0 Å². The Kier molecular flexibility index (Phi) is 6.19. The van der Waals surface area contributed by atoms with Crippen molar-refractivity contribution >= 4 is 11.6 Å². The minimum Gasteiger partial charge on any atom is -0.493 e. The number of para-hydroxylation sites is 1. The molecule has 0 aliphatic carbocycles. The van der Waals surface area contributed by atoms with Gasteiger partial charge in [-0.3, -0.25) is 4.79 Å². The Morgan fingerprint density at radius 2 is 1.75 bits per heavy atom. The smallest absolute Gasteiger partial charge is 0.277 e. The van der Waals surface area contributed by atoms with Crippen LogP contribution in [0.4, 0.5) is 0 Å². The summed E-state index contributed by atoms with van der Waals surface area (Å²) in [5.74, 6) is 1.53. The van der Waals surface area contributed by atoms with Crippen molar-refractivity contribution in [3.8, 4) is 17.2 Å².